The van der Waals surface area contributed by atoms with Crippen molar-refractivity contribution in [2.24, 2.45) is 0 Å². The maximum Gasteiger partial charge on any atom is 0.254 e. The SMILES string of the molecule is C=CCN(CC(=O)N1CCc2sccc2C1c1ccc(Cl)cc1)C(=O)c1ccc(Cl)c(Cl)c1. The molecular weight excluding hydrogens is 499 g/mol. The third-order valence-corrected chi connectivity index (χ3v) is 7.59. The van der Waals surface area contributed by atoms with Gasteiger partial charge in [-0.3, -0.25) is 9.59 Å². The normalized spacial score (nSPS) is 15.1. The Bertz CT molecular complexity index is 1190. The minimum atomic E-state index is -0.307. The molecule has 1 aromatic heterocycles. The Balaban J connectivity index is 1.61. The van der Waals surface area contributed by atoms with Gasteiger partial charge in [-0.25, -0.2) is 0 Å². The maximum atomic E-state index is 13.6. The zero-order valence-electron chi connectivity index (χ0n) is 17.6. The van der Waals surface area contributed by atoms with Crippen LogP contribution in [0.3, 0.4) is 0 Å². The summed E-state index contributed by atoms with van der Waals surface area (Å²) >= 11 is 19.9. The van der Waals surface area contributed by atoms with Crippen molar-refractivity contribution < 1.29 is 9.59 Å². The molecule has 1 atom stereocenters. The largest absolute Gasteiger partial charge is 0.330 e. The average Bonchev–Trinajstić information content (AvgIpc) is 3.29. The summed E-state index contributed by atoms with van der Waals surface area (Å²) in [6.45, 7) is 4.47. The predicted octanol–water partition coefficient (Wildman–Crippen LogP) is 6.51. The third-order valence-electron chi connectivity index (χ3n) is 5.60. The second-order valence-corrected chi connectivity index (χ2v) is 9.95. The van der Waals surface area contributed by atoms with Crippen LogP contribution in [0, 0.1) is 0 Å². The molecule has 0 bridgehead atoms. The van der Waals surface area contributed by atoms with E-state index < -0.39 is 0 Å². The number of carbonyl (C=O) groups excluding carboxylic acids is 2. The van der Waals surface area contributed by atoms with Crippen LogP contribution < -0.4 is 0 Å². The van der Waals surface area contributed by atoms with Gasteiger partial charge in [0.1, 0.15) is 6.54 Å². The summed E-state index contributed by atoms with van der Waals surface area (Å²) < 4.78 is 0. The van der Waals surface area contributed by atoms with Gasteiger partial charge in [-0.05, 0) is 59.3 Å². The summed E-state index contributed by atoms with van der Waals surface area (Å²) in [5.41, 5.74) is 2.47. The van der Waals surface area contributed by atoms with E-state index in [0.29, 0.717) is 22.2 Å². The first kappa shape index (κ1) is 23.8. The van der Waals surface area contributed by atoms with Crippen LogP contribution in [-0.4, -0.2) is 41.2 Å². The Morgan fingerprint density at radius 2 is 1.85 bits per heavy atom. The Labute approximate surface area is 212 Å². The van der Waals surface area contributed by atoms with E-state index in [9.17, 15) is 9.59 Å². The van der Waals surface area contributed by atoms with Crippen LogP contribution in [0.15, 0.2) is 66.6 Å². The molecule has 2 amide bonds. The lowest BCUT2D eigenvalue weighted by molar-refractivity contribution is -0.133. The van der Waals surface area contributed by atoms with Crippen molar-refractivity contribution in [2.75, 3.05) is 19.6 Å². The molecule has 0 aliphatic carbocycles. The minimum absolute atomic E-state index is 0.0747. The molecule has 3 aromatic rings. The molecule has 170 valence electrons. The summed E-state index contributed by atoms with van der Waals surface area (Å²) in [5.74, 6) is -0.444. The van der Waals surface area contributed by atoms with E-state index in [4.69, 9.17) is 34.8 Å². The highest BCUT2D eigenvalue weighted by Crippen LogP contribution is 2.38. The summed E-state index contributed by atoms with van der Waals surface area (Å²) in [7, 11) is 0. The number of benzene rings is 2. The monoisotopic (exact) mass is 518 g/mol. The molecule has 2 heterocycles. The highest BCUT2D eigenvalue weighted by atomic mass is 35.5. The fraction of sp³-hybridized carbons (Fsp3) is 0.200. The highest BCUT2D eigenvalue weighted by molar-refractivity contribution is 7.10. The van der Waals surface area contributed by atoms with Crippen LogP contribution in [0.1, 0.15) is 32.4 Å². The average molecular weight is 520 g/mol. The van der Waals surface area contributed by atoms with Crippen LogP contribution in [0.5, 0.6) is 0 Å². The number of nitrogens with zero attached hydrogens (tertiary/aromatic N) is 2. The molecule has 4 nitrogen and oxygen atoms in total. The molecule has 2 aromatic carbocycles. The lowest BCUT2D eigenvalue weighted by atomic mass is 9.93. The van der Waals surface area contributed by atoms with Crippen molar-refractivity contribution >= 4 is 58.0 Å². The first-order chi connectivity index (χ1) is 15.9. The number of fused-ring (bicyclic) bond motifs is 1. The molecule has 1 aliphatic heterocycles. The Morgan fingerprint density at radius 3 is 2.55 bits per heavy atom. The van der Waals surface area contributed by atoms with Gasteiger partial charge >= 0.3 is 0 Å². The molecule has 0 N–H and O–H groups in total. The summed E-state index contributed by atoms with van der Waals surface area (Å²) in [6.07, 6.45) is 2.39. The second-order valence-electron chi connectivity index (χ2n) is 7.69. The lowest BCUT2D eigenvalue weighted by Crippen LogP contribution is -2.46. The molecule has 1 unspecified atom stereocenters. The van der Waals surface area contributed by atoms with Crippen molar-refractivity contribution in [3.05, 3.63) is 103 Å². The summed E-state index contributed by atoms with van der Waals surface area (Å²) in [5, 5.41) is 3.35. The van der Waals surface area contributed by atoms with E-state index in [1.165, 1.54) is 15.8 Å². The number of carbonyl (C=O) groups is 2. The molecule has 0 radical (unpaired) electrons. The molecule has 33 heavy (non-hydrogen) atoms. The van der Waals surface area contributed by atoms with Crippen LogP contribution in [0.4, 0.5) is 0 Å². The first-order valence-electron chi connectivity index (χ1n) is 10.4. The van der Waals surface area contributed by atoms with Crippen LogP contribution in [0.25, 0.3) is 0 Å². The van der Waals surface area contributed by atoms with E-state index >= 15 is 0 Å². The summed E-state index contributed by atoms with van der Waals surface area (Å²) in [6, 6.07) is 14.1. The van der Waals surface area contributed by atoms with Crippen LogP contribution >= 0.6 is 46.1 Å². The van der Waals surface area contributed by atoms with Gasteiger partial charge < -0.3 is 9.80 Å². The van der Waals surface area contributed by atoms with Gasteiger partial charge in [0.05, 0.1) is 16.1 Å². The van der Waals surface area contributed by atoms with E-state index in [0.717, 1.165) is 17.5 Å². The fourth-order valence-corrected chi connectivity index (χ4v) is 5.36. The molecule has 4 rings (SSSR count). The number of rotatable bonds is 6. The van der Waals surface area contributed by atoms with Crippen molar-refractivity contribution in [1.29, 1.82) is 0 Å². The van der Waals surface area contributed by atoms with Crippen molar-refractivity contribution in [3.8, 4) is 0 Å². The number of hydrogen-bond donors (Lipinski definition) is 0. The Kier molecular flexibility index (Phi) is 7.45. The first-order valence-corrected chi connectivity index (χ1v) is 12.4. The topological polar surface area (TPSA) is 40.6 Å². The third kappa shape index (κ3) is 5.12. The van der Waals surface area contributed by atoms with Gasteiger partial charge in [0.2, 0.25) is 5.91 Å². The molecule has 0 saturated heterocycles. The minimum Gasteiger partial charge on any atom is -0.330 e. The van der Waals surface area contributed by atoms with Gasteiger partial charge in [0.15, 0.2) is 0 Å². The van der Waals surface area contributed by atoms with Crippen molar-refractivity contribution in [2.45, 2.75) is 12.5 Å². The molecule has 0 fully saturated rings. The zero-order valence-corrected chi connectivity index (χ0v) is 20.7. The van der Waals surface area contributed by atoms with Crippen LogP contribution in [0.2, 0.25) is 15.1 Å². The van der Waals surface area contributed by atoms with E-state index in [1.807, 2.05) is 29.2 Å². The standard InChI is InChI=1S/C25H21Cl3N2O2S/c1-2-11-29(25(32)17-5-8-20(27)21(28)14-17)15-23(31)30-12-9-22-19(10-13-33-22)24(30)16-3-6-18(26)7-4-16/h2-8,10,13-14,24H,1,9,11-12,15H2. The molecule has 8 heteroatoms. The van der Waals surface area contributed by atoms with E-state index in [1.54, 1.807) is 29.5 Å². The highest BCUT2D eigenvalue weighted by Gasteiger charge is 2.34. The quantitative estimate of drug-likeness (QED) is 0.348. The Hall–Kier alpha value is -2.31. The number of halogens is 3. The predicted molar refractivity (Wildman–Crippen MR) is 136 cm³/mol. The van der Waals surface area contributed by atoms with Gasteiger partial charge in [0, 0.05) is 28.6 Å². The maximum absolute atomic E-state index is 13.6. The fourth-order valence-electron chi connectivity index (χ4n) is 4.03. The second kappa shape index (κ2) is 10.3. The van der Waals surface area contributed by atoms with Gasteiger partial charge in [-0.2, -0.15) is 0 Å². The Morgan fingerprint density at radius 1 is 1.09 bits per heavy atom. The van der Waals surface area contributed by atoms with Gasteiger partial charge in [-0.1, -0.05) is 53.0 Å². The van der Waals surface area contributed by atoms with Gasteiger partial charge in [0.25, 0.3) is 5.91 Å². The van der Waals surface area contributed by atoms with Crippen molar-refractivity contribution in [3.63, 3.8) is 0 Å². The van der Waals surface area contributed by atoms with E-state index in [2.05, 4.69) is 18.0 Å². The van der Waals surface area contributed by atoms with Gasteiger partial charge in [-0.15, -0.1) is 17.9 Å². The smallest absolute Gasteiger partial charge is 0.254 e. The molecule has 0 saturated carbocycles. The number of amides is 2. The molecular formula is C25H21Cl3N2O2S. The van der Waals surface area contributed by atoms with E-state index in [-0.39, 0.29) is 36.0 Å². The zero-order chi connectivity index (χ0) is 23.5. The van der Waals surface area contributed by atoms with Crippen LogP contribution in [-0.2, 0) is 11.2 Å². The number of thiophene rings is 1. The number of hydrogen-bond acceptors (Lipinski definition) is 3. The molecule has 1 aliphatic rings. The lowest BCUT2D eigenvalue weighted by Gasteiger charge is -2.37. The molecule has 0 spiro atoms. The summed E-state index contributed by atoms with van der Waals surface area (Å²) in [4.78, 5) is 31.3. The van der Waals surface area contributed by atoms with Crippen molar-refractivity contribution in [1.82, 2.24) is 9.80 Å².